The van der Waals surface area contributed by atoms with E-state index in [0.717, 1.165) is 32.7 Å². The monoisotopic (exact) mass is 383 g/mol. The molecular weight excluding hydrogens is 358 g/mol. The predicted octanol–water partition coefficient (Wildman–Crippen LogP) is 3.14. The van der Waals surface area contributed by atoms with Gasteiger partial charge in [0.1, 0.15) is 0 Å². The molecule has 0 amide bonds. The van der Waals surface area contributed by atoms with Gasteiger partial charge >= 0.3 is 0 Å². The van der Waals surface area contributed by atoms with E-state index in [1.54, 1.807) is 0 Å². The molecule has 0 radical (unpaired) electrons. The molecule has 2 aromatic rings. The zero-order chi connectivity index (χ0) is 19.9. The first-order valence-electron chi connectivity index (χ1n) is 9.27. The van der Waals surface area contributed by atoms with E-state index < -0.39 is 4.92 Å². The van der Waals surface area contributed by atoms with Crippen LogP contribution >= 0.6 is 0 Å². The molecule has 0 bridgehead atoms. The van der Waals surface area contributed by atoms with Crippen molar-refractivity contribution < 1.29 is 14.8 Å². The Morgan fingerprint density at radius 2 is 1.82 bits per heavy atom. The number of aromatic hydroxyl groups is 1. The molecule has 0 unspecified atom stereocenters. The summed E-state index contributed by atoms with van der Waals surface area (Å²) in [4.78, 5) is 15.2. The van der Waals surface area contributed by atoms with Crippen molar-refractivity contribution >= 4 is 11.8 Å². The quantitative estimate of drug-likeness (QED) is 0.585. The van der Waals surface area contributed by atoms with Crippen LogP contribution in [-0.2, 0) is 6.54 Å². The molecule has 0 spiro atoms. The molecule has 1 saturated heterocycles. The molecule has 0 aliphatic carbocycles. The van der Waals surface area contributed by atoms with Gasteiger partial charge in [-0.3, -0.25) is 19.9 Å². The highest BCUT2D eigenvalue weighted by atomic mass is 16.6. The number of benzene rings is 2. The third-order valence-electron chi connectivity index (χ3n) is 4.90. The summed E-state index contributed by atoms with van der Waals surface area (Å²) in [6, 6.07) is 12.9. The van der Waals surface area contributed by atoms with Gasteiger partial charge in [-0.15, -0.1) is 0 Å². The van der Waals surface area contributed by atoms with Gasteiger partial charge in [0.2, 0.25) is 0 Å². The summed E-state index contributed by atoms with van der Waals surface area (Å²) in [6.45, 7) is 4.83. The van der Waals surface area contributed by atoms with E-state index in [0.29, 0.717) is 12.1 Å². The molecule has 1 N–H and O–H groups in total. The third kappa shape index (κ3) is 5.09. The summed E-state index contributed by atoms with van der Waals surface area (Å²) in [7, 11) is 1.39. The summed E-state index contributed by atoms with van der Waals surface area (Å²) in [5, 5.41) is 21.4. The molecule has 148 valence electrons. The minimum absolute atomic E-state index is 0.0266. The number of piperazine rings is 1. The molecule has 7 heteroatoms. The zero-order valence-corrected chi connectivity index (χ0v) is 16.0. The van der Waals surface area contributed by atoms with Crippen LogP contribution in [0.25, 0.3) is 6.08 Å². The normalized spacial score (nSPS) is 15.8. The van der Waals surface area contributed by atoms with Crippen LogP contribution in [0, 0.1) is 10.1 Å². The SMILES string of the molecule is COc1cc([N+](=O)[O-])cc(CN2CCN(CC=Cc3ccccc3)CC2)c1O. The molecule has 1 heterocycles. The second-order valence-corrected chi connectivity index (χ2v) is 6.80. The van der Waals surface area contributed by atoms with Crippen molar-refractivity contribution in [2.24, 2.45) is 0 Å². The predicted molar refractivity (Wildman–Crippen MR) is 109 cm³/mol. The van der Waals surface area contributed by atoms with Gasteiger partial charge < -0.3 is 9.84 Å². The van der Waals surface area contributed by atoms with Crippen LogP contribution in [0.1, 0.15) is 11.1 Å². The van der Waals surface area contributed by atoms with Crippen molar-refractivity contribution in [2.45, 2.75) is 6.54 Å². The zero-order valence-electron chi connectivity index (χ0n) is 16.0. The molecule has 1 aliphatic rings. The largest absolute Gasteiger partial charge is 0.504 e. The van der Waals surface area contributed by atoms with Gasteiger partial charge in [-0.2, -0.15) is 0 Å². The summed E-state index contributed by atoms with van der Waals surface area (Å²) < 4.78 is 5.07. The Bertz CT molecular complexity index is 831. The lowest BCUT2D eigenvalue weighted by Crippen LogP contribution is -2.45. The van der Waals surface area contributed by atoms with Gasteiger partial charge in [0.15, 0.2) is 11.5 Å². The second-order valence-electron chi connectivity index (χ2n) is 6.80. The van der Waals surface area contributed by atoms with Crippen molar-refractivity contribution in [3.05, 3.63) is 69.8 Å². The smallest absolute Gasteiger partial charge is 0.273 e. The van der Waals surface area contributed by atoms with Crippen molar-refractivity contribution in [3.63, 3.8) is 0 Å². The number of rotatable bonds is 7. The van der Waals surface area contributed by atoms with Gasteiger partial charge in [0, 0.05) is 50.9 Å². The van der Waals surface area contributed by atoms with Crippen LogP contribution in [0.15, 0.2) is 48.5 Å². The molecule has 0 aromatic heterocycles. The number of hydrogen-bond acceptors (Lipinski definition) is 6. The summed E-state index contributed by atoms with van der Waals surface area (Å²) in [5.41, 5.74) is 1.63. The lowest BCUT2D eigenvalue weighted by Gasteiger charge is -2.34. The minimum atomic E-state index is -0.470. The van der Waals surface area contributed by atoms with Crippen molar-refractivity contribution in [1.82, 2.24) is 9.80 Å². The Kier molecular flexibility index (Phi) is 6.62. The fourth-order valence-electron chi connectivity index (χ4n) is 3.30. The summed E-state index contributed by atoms with van der Waals surface area (Å²) in [6.07, 6.45) is 4.29. The topological polar surface area (TPSA) is 79.1 Å². The molecule has 0 atom stereocenters. The van der Waals surface area contributed by atoms with E-state index in [-0.39, 0.29) is 17.2 Å². The molecule has 1 fully saturated rings. The highest BCUT2D eigenvalue weighted by molar-refractivity contribution is 5.53. The average Bonchev–Trinajstić information content (AvgIpc) is 2.71. The Hall–Kier alpha value is -2.90. The number of nitro groups is 1. The van der Waals surface area contributed by atoms with E-state index >= 15 is 0 Å². The summed E-state index contributed by atoms with van der Waals surface area (Å²) >= 11 is 0. The average molecular weight is 383 g/mol. The van der Waals surface area contributed by atoms with Crippen LogP contribution in [0.4, 0.5) is 5.69 Å². The van der Waals surface area contributed by atoms with Crippen LogP contribution in [0.3, 0.4) is 0 Å². The van der Waals surface area contributed by atoms with Gasteiger partial charge in [-0.1, -0.05) is 42.5 Å². The number of methoxy groups -OCH3 is 1. The maximum absolute atomic E-state index is 11.1. The molecule has 7 nitrogen and oxygen atoms in total. The van der Waals surface area contributed by atoms with Crippen molar-refractivity contribution in [3.8, 4) is 11.5 Å². The van der Waals surface area contributed by atoms with E-state index in [4.69, 9.17) is 4.74 Å². The van der Waals surface area contributed by atoms with Gasteiger partial charge in [0.25, 0.3) is 5.69 Å². The van der Waals surface area contributed by atoms with Gasteiger partial charge in [-0.05, 0) is 5.56 Å². The molecule has 2 aromatic carbocycles. The number of nitro benzene ring substituents is 1. The molecular formula is C21H25N3O4. The Balaban J connectivity index is 1.55. The Morgan fingerprint density at radius 1 is 1.14 bits per heavy atom. The van der Waals surface area contributed by atoms with Crippen molar-refractivity contribution in [2.75, 3.05) is 39.8 Å². The summed E-state index contributed by atoms with van der Waals surface area (Å²) in [5.74, 6) is 0.107. The molecule has 3 rings (SSSR count). The first-order valence-corrected chi connectivity index (χ1v) is 9.27. The highest BCUT2D eigenvalue weighted by Crippen LogP contribution is 2.35. The molecule has 28 heavy (non-hydrogen) atoms. The lowest BCUT2D eigenvalue weighted by molar-refractivity contribution is -0.385. The maximum atomic E-state index is 11.1. The number of phenols is 1. The number of ether oxygens (including phenoxy) is 1. The van der Waals surface area contributed by atoms with E-state index in [1.807, 2.05) is 18.2 Å². The van der Waals surface area contributed by atoms with Crippen LogP contribution in [0.5, 0.6) is 11.5 Å². The first-order chi connectivity index (χ1) is 13.6. The van der Waals surface area contributed by atoms with Gasteiger partial charge in [-0.25, -0.2) is 0 Å². The van der Waals surface area contributed by atoms with E-state index in [9.17, 15) is 15.2 Å². The van der Waals surface area contributed by atoms with E-state index in [1.165, 1.54) is 24.8 Å². The standard InChI is InChI=1S/C21H25N3O4/c1-28-20-15-19(24(26)27)14-18(21(20)25)16-23-12-10-22(11-13-23)9-5-8-17-6-3-2-4-7-17/h2-8,14-15,25H,9-13,16H2,1H3. The maximum Gasteiger partial charge on any atom is 0.273 e. The van der Waals surface area contributed by atoms with Crippen LogP contribution < -0.4 is 4.74 Å². The number of phenolic OH excluding ortho intramolecular Hbond substituents is 1. The van der Waals surface area contributed by atoms with Crippen LogP contribution in [0.2, 0.25) is 0 Å². The van der Waals surface area contributed by atoms with Gasteiger partial charge in [0.05, 0.1) is 18.1 Å². The lowest BCUT2D eigenvalue weighted by atomic mass is 10.1. The van der Waals surface area contributed by atoms with E-state index in [2.05, 4.69) is 34.1 Å². The Labute approximate surface area is 164 Å². The van der Waals surface area contributed by atoms with Crippen LogP contribution in [-0.4, -0.2) is 59.7 Å². The number of nitrogens with zero attached hydrogens (tertiary/aromatic N) is 3. The van der Waals surface area contributed by atoms with Crippen molar-refractivity contribution in [1.29, 1.82) is 0 Å². The fourth-order valence-corrected chi connectivity index (χ4v) is 3.30. The number of hydrogen-bond donors (Lipinski definition) is 1. The highest BCUT2D eigenvalue weighted by Gasteiger charge is 2.21. The number of non-ortho nitro benzene ring substituents is 1. The molecule has 1 aliphatic heterocycles. The molecule has 0 saturated carbocycles. The minimum Gasteiger partial charge on any atom is -0.504 e. The second kappa shape index (κ2) is 9.34. The third-order valence-corrected chi connectivity index (χ3v) is 4.90. The fraction of sp³-hybridized carbons (Fsp3) is 0.333. The first kappa shape index (κ1) is 19.9. The Morgan fingerprint density at radius 3 is 2.46 bits per heavy atom.